The lowest BCUT2D eigenvalue weighted by Crippen LogP contribution is -2.54. The van der Waals surface area contributed by atoms with Crippen LogP contribution in [0, 0.1) is 5.92 Å². The summed E-state index contributed by atoms with van der Waals surface area (Å²) in [6, 6.07) is 8.79. The molecule has 128 valence electrons. The molecule has 1 aromatic heterocycles. The van der Waals surface area contributed by atoms with Gasteiger partial charge < -0.3 is 19.5 Å². The van der Waals surface area contributed by atoms with Gasteiger partial charge in [-0.1, -0.05) is 12.1 Å². The predicted molar refractivity (Wildman–Crippen MR) is 93.0 cm³/mol. The fourth-order valence-electron chi connectivity index (χ4n) is 3.72. The van der Waals surface area contributed by atoms with E-state index in [1.807, 2.05) is 24.3 Å². The summed E-state index contributed by atoms with van der Waals surface area (Å²) in [7, 11) is 0. The molecule has 0 bridgehead atoms. The lowest BCUT2D eigenvalue weighted by molar-refractivity contribution is -0.139. The van der Waals surface area contributed by atoms with E-state index in [1.165, 1.54) is 0 Å². The Morgan fingerprint density at radius 2 is 2.04 bits per heavy atom. The number of carbonyl (C=O) groups excluding carboxylic acids is 1. The molecule has 2 aliphatic rings. The Morgan fingerprint density at radius 3 is 2.79 bits per heavy atom. The number of anilines is 1. The molecule has 2 fully saturated rings. The third kappa shape index (κ3) is 2.86. The number of aromatic nitrogens is 1. The van der Waals surface area contributed by atoms with E-state index in [0.717, 1.165) is 56.7 Å². The molecular weight excluding hydrogens is 304 g/mol. The van der Waals surface area contributed by atoms with Gasteiger partial charge in [-0.15, -0.1) is 0 Å². The van der Waals surface area contributed by atoms with Gasteiger partial charge in [-0.05, 0) is 31.9 Å². The van der Waals surface area contributed by atoms with Gasteiger partial charge in [0.25, 0.3) is 6.01 Å². The standard InChI is InChI=1S/C18H24N4O2/c1-13-12-19-8-11-22(13)17(23)14-6-9-21(10-7-14)18-20-15-4-2-3-5-16(15)24-18/h2-5,13-14,19H,6-12H2,1H3. The van der Waals surface area contributed by atoms with Crippen LogP contribution >= 0.6 is 0 Å². The van der Waals surface area contributed by atoms with Gasteiger partial charge in [0.15, 0.2) is 5.58 Å². The van der Waals surface area contributed by atoms with Gasteiger partial charge in [0.05, 0.1) is 0 Å². The van der Waals surface area contributed by atoms with Crippen molar-refractivity contribution in [2.24, 2.45) is 5.92 Å². The highest BCUT2D eigenvalue weighted by Crippen LogP contribution is 2.27. The minimum Gasteiger partial charge on any atom is -0.423 e. The maximum atomic E-state index is 12.8. The topological polar surface area (TPSA) is 61.6 Å². The molecule has 2 aromatic rings. The minimum absolute atomic E-state index is 0.131. The van der Waals surface area contributed by atoms with Crippen LogP contribution in [0.5, 0.6) is 0 Å². The van der Waals surface area contributed by atoms with E-state index < -0.39 is 0 Å². The van der Waals surface area contributed by atoms with E-state index in [0.29, 0.717) is 18.0 Å². The number of benzene rings is 1. The van der Waals surface area contributed by atoms with Crippen LogP contribution in [0.4, 0.5) is 6.01 Å². The van der Waals surface area contributed by atoms with Gasteiger partial charge in [0, 0.05) is 44.7 Å². The molecule has 4 rings (SSSR count). The Hall–Kier alpha value is -2.08. The van der Waals surface area contributed by atoms with Gasteiger partial charge >= 0.3 is 0 Å². The molecular formula is C18H24N4O2. The molecule has 24 heavy (non-hydrogen) atoms. The quantitative estimate of drug-likeness (QED) is 0.912. The second-order valence-corrected chi connectivity index (χ2v) is 6.81. The molecule has 6 nitrogen and oxygen atoms in total. The number of amides is 1. The summed E-state index contributed by atoms with van der Waals surface area (Å²) in [6.45, 7) is 6.39. The number of carbonyl (C=O) groups is 1. The monoisotopic (exact) mass is 328 g/mol. The minimum atomic E-state index is 0.131. The Morgan fingerprint density at radius 1 is 1.25 bits per heavy atom. The smallest absolute Gasteiger partial charge is 0.298 e. The molecule has 0 saturated carbocycles. The molecule has 2 saturated heterocycles. The zero-order chi connectivity index (χ0) is 16.5. The fraction of sp³-hybridized carbons (Fsp3) is 0.556. The Labute approximate surface area is 141 Å². The van der Waals surface area contributed by atoms with Crippen LogP contribution in [0.3, 0.4) is 0 Å². The SMILES string of the molecule is CC1CNCCN1C(=O)C1CCN(c2nc3ccccc3o2)CC1. The van der Waals surface area contributed by atoms with Crippen molar-refractivity contribution in [2.75, 3.05) is 37.6 Å². The number of hydrogen-bond acceptors (Lipinski definition) is 5. The maximum absolute atomic E-state index is 12.8. The van der Waals surface area contributed by atoms with Gasteiger partial charge in [-0.25, -0.2) is 0 Å². The Balaban J connectivity index is 1.40. The van der Waals surface area contributed by atoms with E-state index >= 15 is 0 Å². The van der Waals surface area contributed by atoms with Gasteiger partial charge in [0.1, 0.15) is 5.52 Å². The number of piperidine rings is 1. The highest BCUT2D eigenvalue weighted by Gasteiger charge is 2.32. The molecule has 2 aliphatic heterocycles. The molecule has 6 heteroatoms. The van der Waals surface area contributed by atoms with E-state index in [9.17, 15) is 4.79 Å². The zero-order valence-electron chi connectivity index (χ0n) is 14.1. The summed E-state index contributed by atoms with van der Waals surface area (Å²) >= 11 is 0. The van der Waals surface area contributed by atoms with E-state index in [-0.39, 0.29) is 5.92 Å². The van der Waals surface area contributed by atoms with Crippen molar-refractivity contribution in [1.82, 2.24) is 15.2 Å². The van der Waals surface area contributed by atoms with Crippen LogP contribution in [0.15, 0.2) is 28.7 Å². The second-order valence-electron chi connectivity index (χ2n) is 6.81. The molecule has 1 atom stereocenters. The van der Waals surface area contributed by atoms with Gasteiger partial charge in [-0.3, -0.25) is 4.79 Å². The van der Waals surface area contributed by atoms with E-state index in [2.05, 4.69) is 27.0 Å². The summed E-state index contributed by atoms with van der Waals surface area (Å²) in [5.41, 5.74) is 1.71. The number of rotatable bonds is 2. The Kier molecular flexibility index (Phi) is 4.14. The normalized spacial score (nSPS) is 23.0. The number of hydrogen-bond donors (Lipinski definition) is 1. The van der Waals surface area contributed by atoms with Crippen molar-refractivity contribution in [3.05, 3.63) is 24.3 Å². The molecule has 3 heterocycles. The van der Waals surface area contributed by atoms with Crippen LogP contribution in [0.1, 0.15) is 19.8 Å². The van der Waals surface area contributed by atoms with Crippen molar-refractivity contribution in [3.8, 4) is 0 Å². The predicted octanol–water partition coefficient (Wildman–Crippen LogP) is 1.86. The molecule has 1 N–H and O–H groups in total. The van der Waals surface area contributed by atoms with Crippen LogP contribution < -0.4 is 10.2 Å². The fourth-order valence-corrected chi connectivity index (χ4v) is 3.72. The first-order valence-electron chi connectivity index (χ1n) is 8.84. The van der Waals surface area contributed by atoms with Crippen LogP contribution in [0.25, 0.3) is 11.1 Å². The summed E-state index contributed by atoms with van der Waals surface area (Å²) in [5, 5.41) is 3.34. The van der Waals surface area contributed by atoms with Gasteiger partial charge in [-0.2, -0.15) is 4.98 Å². The number of piperazine rings is 1. The van der Waals surface area contributed by atoms with Crippen molar-refractivity contribution in [3.63, 3.8) is 0 Å². The molecule has 0 spiro atoms. The summed E-state index contributed by atoms with van der Waals surface area (Å²) in [5.74, 6) is 0.451. The van der Waals surface area contributed by atoms with Crippen molar-refractivity contribution in [1.29, 1.82) is 0 Å². The maximum Gasteiger partial charge on any atom is 0.298 e. The molecule has 1 aromatic carbocycles. The van der Waals surface area contributed by atoms with E-state index in [1.54, 1.807) is 0 Å². The van der Waals surface area contributed by atoms with Crippen molar-refractivity contribution >= 4 is 23.0 Å². The zero-order valence-corrected chi connectivity index (χ0v) is 14.1. The summed E-state index contributed by atoms with van der Waals surface area (Å²) < 4.78 is 5.85. The summed E-state index contributed by atoms with van der Waals surface area (Å²) in [6.07, 6.45) is 1.74. The van der Waals surface area contributed by atoms with Crippen molar-refractivity contribution < 1.29 is 9.21 Å². The first-order chi connectivity index (χ1) is 11.7. The Bertz CT molecular complexity index is 688. The largest absolute Gasteiger partial charge is 0.423 e. The number of nitrogens with zero attached hydrogens (tertiary/aromatic N) is 3. The average Bonchev–Trinajstić information content (AvgIpc) is 3.06. The van der Waals surface area contributed by atoms with Gasteiger partial charge in [0.2, 0.25) is 5.91 Å². The molecule has 1 unspecified atom stereocenters. The number of fused-ring (bicyclic) bond motifs is 1. The average molecular weight is 328 g/mol. The first kappa shape index (κ1) is 15.4. The van der Waals surface area contributed by atoms with Crippen molar-refractivity contribution in [2.45, 2.75) is 25.8 Å². The summed E-state index contributed by atoms with van der Waals surface area (Å²) in [4.78, 5) is 21.6. The highest BCUT2D eigenvalue weighted by atomic mass is 16.4. The lowest BCUT2D eigenvalue weighted by atomic mass is 9.94. The third-order valence-corrected chi connectivity index (χ3v) is 5.18. The molecule has 1 amide bonds. The number of oxazole rings is 1. The highest BCUT2D eigenvalue weighted by molar-refractivity contribution is 5.80. The molecule has 0 aliphatic carbocycles. The van der Waals surface area contributed by atoms with Crippen LogP contribution in [-0.2, 0) is 4.79 Å². The number of nitrogens with one attached hydrogen (secondary N) is 1. The number of para-hydroxylation sites is 2. The van der Waals surface area contributed by atoms with Crippen LogP contribution in [0.2, 0.25) is 0 Å². The van der Waals surface area contributed by atoms with Crippen LogP contribution in [-0.4, -0.2) is 54.6 Å². The lowest BCUT2D eigenvalue weighted by Gasteiger charge is -2.38. The third-order valence-electron chi connectivity index (χ3n) is 5.18. The molecule has 0 radical (unpaired) electrons. The van der Waals surface area contributed by atoms with E-state index in [4.69, 9.17) is 4.42 Å². The first-order valence-corrected chi connectivity index (χ1v) is 8.84. The second kappa shape index (κ2) is 6.43.